The second-order valence-corrected chi connectivity index (χ2v) is 7.58. The van der Waals surface area contributed by atoms with Crippen molar-refractivity contribution in [2.24, 2.45) is 0 Å². The summed E-state index contributed by atoms with van der Waals surface area (Å²) in [5, 5.41) is 9.67. The maximum atomic E-state index is 13.3. The van der Waals surface area contributed by atoms with Crippen LogP contribution in [0.3, 0.4) is 0 Å². The third-order valence-electron chi connectivity index (χ3n) is 5.47. The van der Waals surface area contributed by atoms with Crippen molar-refractivity contribution in [3.8, 4) is 33.9 Å². The third-order valence-corrected chi connectivity index (χ3v) is 5.47. The first-order valence-corrected chi connectivity index (χ1v) is 10.8. The average Bonchev–Trinajstić information content (AvgIpc) is 2.89. The number of amides is 1. The van der Waals surface area contributed by atoms with Crippen molar-refractivity contribution in [1.82, 2.24) is 15.5 Å². The monoisotopic (exact) mass is 455 g/mol. The highest BCUT2D eigenvalue weighted by Crippen LogP contribution is 2.31. The number of aromatic amines is 1. The number of benzene rings is 3. The molecule has 0 saturated heterocycles. The van der Waals surface area contributed by atoms with E-state index in [-0.39, 0.29) is 5.56 Å². The second kappa shape index (κ2) is 10.5. The largest absolute Gasteiger partial charge is 0.493 e. The fraction of sp³-hybridized carbons (Fsp3) is 0.148. The second-order valence-electron chi connectivity index (χ2n) is 7.58. The number of hydrogen-bond donors (Lipinski definition) is 2. The predicted octanol–water partition coefficient (Wildman–Crippen LogP) is 4.09. The molecule has 172 valence electrons. The van der Waals surface area contributed by atoms with Crippen molar-refractivity contribution in [3.63, 3.8) is 0 Å². The zero-order valence-electron chi connectivity index (χ0n) is 19.0. The summed E-state index contributed by atoms with van der Waals surface area (Å²) in [6.45, 7) is 0.338. The van der Waals surface area contributed by atoms with Gasteiger partial charge in [0, 0.05) is 17.7 Å². The van der Waals surface area contributed by atoms with Gasteiger partial charge in [0.1, 0.15) is 5.56 Å². The smallest absolute Gasteiger partial charge is 0.277 e. The Labute approximate surface area is 197 Å². The Morgan fingerprint density at radius 2 is 1.53 bits per heavy atom. The van der Waals surface area contributed by atoms with E-state index in [0.29, 0.717) is 35.7 Å². The zero-order chi connectivity index (χ0) is 23.9. The lowest BCUT2D eigenvalue weighted by molar-refractivity contribution is 0.0953. The Morgan fingerprint density at radius 3 is 2.18 bits per heavy atom. The summed E-state index contributed by atoms with van der Waals surface area (Å²) < 4.78 is 10.6. The molecule has 1 aromatic heterocycles. The van der Waals surface area contributed by atoms with Crippen molar-refractivity contribution in [3.05, 3.63) is 100 Å². The molecule has 1 amide bonds. The van der Waals surface area contributed by atoms with Crippen LogP contribution in [0, 0.1) is 0 Å². The molecule has 0 unspecified atom stereocenters. The quantitative estimate of drug-likeness (QED) is 0.417. The number of aromatic nitrogens is 2. The molecule has 0 aliphatic heterocycles. The minimum atomic E-state index is -0.540. The Balaban J connectivity index is 1.65. The lowest BCUT2D eigenvalue weighted by Gasteiger charge is -2.14. The van der Waals surface area contributed by atoms with Gasteiger partial charge in [-0.25, -0.2) is 5.10 Å². The number of carbonyl (C=O) groups is 1. The van der Waals surface area contributed by atoms with E-state index in [0.717, 1.165) is 16.7 Å². The number of nitrogens with one attached hydrogen (secondary N) is 2. The van der Waals surface area contributed by atoms with Gasteiger partial charge < -0.3 is 14.8 Å². The van der Waals surface area contributed by atoms with Crippen LogP contribution in [0.5, 0.6) is 11.5 Å². The molecule has 0 aliphatic carbocycles. The van der Waals surface area contributed by atoms with Crippen LogP contribution < -0.4 is 20.3 Å². The molecule has 1 heterocycles. The van der Waals surface area contributed by atoms with E-state index in [2.05, 4.69) is 15.5 Å². The summed E-state index contributed by atoms with van der Waals surface area (Å²) in [5.41, 5.74) is 3.04. The van der Waals surface area contributed by atoms with Crippen LogP contribution in [0.15, 0.2) is 83.7 Å². The Morgan fingerprint density at radius 1 is 0.882 bits per heavy atom. The molecule has 7 heteroatoms. The molecule has 4 rings (SSSR count). The van der Waals surface area contributed by atoms with Gasteiger partial charge in [0.15, 0.2) is 11.5 Å². The minimum Gasteiger partial charge on any atom is -0.493 e. The zero-order valence-corrected chi connectivity index (χ0v) is 19.0. The van der Waals surface area contributed by atoms with Crippen molar-refractivity contribution in [1.29, 1.82) is 0 Å². The van der Waals surface area contributed by atoms with Crippen LogP contribution in [0.4, 0.5) is 0 Å². The summed E-state index contributed by atoms with van der Waals surface area (Å²) in [6, 6.07) is 24.4. The Bertz CT molecular complexity index is 1340. The number of rotatable bonds is 8. The van der Waals surface area contributed by atoms with Crippen LogP contribution in [-0.4, -0.2) is 36.9 Å². The number of H-pyrrole nitrogens is 1. The van der Waals surface area contributed by atoms with Crippen molar-refractivity contribution < 1.29 is 14.3 Å². The van der Waals surface area contributed by atoms with Crippen LogP contribution in [-0.2, 0) is 6.42 Å². The molecule has 0 aliphatic rings. The standard InChI is InChI=1S/C27H25N3O4/c1-33-21-14-13-18(17-22(21)34-2)15-16-28-26(31)24-23(19-9-5-3-6-10-19)25(29-30-27(24)32)20-11-7-4-8-12-20/h3-14,17H,15-16H2,1-2H3,(H,28,31)(H,30,32). The Hall–Kier alpha value is -4.39. The molecule has 0 bridgehead atoms. The molecule has 0 saturated carbocycles. The topological polar surface area (TPSA) is 93.3 Å². The van der Waals surface area contributed by atoms with Gasteiger partial charge in [-0.2, -0.15) is 5.10 Å². The maximum Gasteiger partial charge on any atom is 0.277 e. The van der Waals surface area contributed by atoms with Gasteiger partial charge in [0.05, 0.1) is 19.9 Å². The van der Waals surface area contributed by atoms with E-state index in [1.165, 1.54) is 0 Å². The van der Waals surface area contributed by atoms with Crippen molar-refractivity contribution in [2.45, 2.75) is 6.42 Å². The molecule has 7 nitrogen and oxygen atoms in total. The van der Waals surface area contributed by atoms with Crippen LogP contribution in [0.1, 0.15) is 15.9 Å². The molecule has 0 radical (unpaired) electrons. The van der Waals surface area contributed by atoms with Crippen LogP contribution in [0.25, 0.3) is 22.4 Å². The van der Waals surface area contributed by atoms with Crippen molar-refractivity contribution in [2.75, 3.05) is 20.8 Å². The van der Waals surface area contributed by atoms with E-state index in [1.54, 1.807) is 14.2 Å². The fourth-order valence-electron chi connectivity index (χ4n) is 3.80. The number of nitrogens with zero attached hydrogens (tertiary/aromatic N) is 1. The molecule has 0 fully saturated rings. The first-order valence-electron chi connectivity index (χ1n) is 10.8. The highest BCUT2D eigenvalue weighted by Gasteiger charge is 2.22. The third kappa shape index (κ3) is 4.83. The number of carbonyl (C=O) groups excluding carboxylic acids is 1. The summed E-state index contributed by atoms with van der Waals surface area (Å²) in [5.74, 6) is 0.801. The highest BCUT2D eigenvalue weighted by atomic mass is 16.5. The van der Waals surface area contributed by atoms with Gasteiger partial charge in [0.25, 0.3) is 11.5 Å². The minimum absolute atomic E-state index is 0.0346. The van der Waals surface area contributed by atoms with Crippen LogP contribution in [0.2, 0.25) is 0 Å². The van der Waals surface area contributed by atoms with Gasteiger partial charge in [-0.15, -0.1) is 0 Å². The molecule has 0 spiro atoms. The molecular weight excluding hydrogens is 430 g/mol. The summed E-state index contributed by atoms with van der Waals surface area (Å²) in [7, 11) is 3.16. The first-order chi connectivity index (χ1) is 16.6. The molecule has 4 aromatic rings. The summed E-state index contributed by atoms with van der Waals surface area (Å²) in [4.78, 5) is 26.1. The molecule has 0 atom stereocenters. The molecule has 34 heavy (non-hydrogen) atoms. The van der Waals surface area contributed by atoms with Gasteiger partial charge in [-0.05, 0) is 29.7 Å². The lowest BCUT2D eigenvalue weighted by atomic mass is 9.95. The molecular formula is C27H25N3O4. The maximum absolute atomic E-state index is 13.3. The number of ether oxygens (including phenoxy) is 2. The van der Waals surface area contributed by atoms with Gasteiger partial charge in [0.2, 0.25) is 0 Å². The highest BCUT2D eigenvalue weighted by molar-refractivity contribution is 6.03. The number of methoxy groups -OCH3 is 2. The predicted molar refractivity (Wildman–Crippen MR) is 131 cm³/mol. The van der Waals surface area contributed by atoms with E-state index in [4.69, 9.17) is 9.47 Å². The van der Waals surface area contributed by atoms with E-state index in [9.17, 15) is 9.59 Å². The fourth-order valence-corrected chi connectivity index (χ4v) is 3.80. The molecule has 2 N–H and O–H groups in total. The number of hydrogen-bond acceptors (Lipinski definition) is 5. The summed E-state index contributed by atoms with van der Waals surface area (Å²) in [6.07, 6.45) is 0.557. The van der Waals surface area contributed by atoms with E-state index < -0.39 is 11.5 Å². The summed E-state index contributed by atoms with van der Waals surface area (Å²) >= 11 is 0. The molecule has 3 aromatic carbocycles. The normalized spacial score (nSPS) is 10.5. The first kappa shape index (κ1) is 22.8. The van der Waals surface area contributed by atoms with E-state index >= 15 is 0 Å². The average molecular weight is 456 g/mol. The van der Waals surface area contributed by atoms with Gasteiger partial charge >= 0.3 is 0 Å². The van der Waals surface area contributed by atoms with Gasteiger partial charge in [-0.3, -0.25) is 9.59 Å². The lowest BCUT2D eigenvalue weighted by Crippen LogP contribution is -2.32. The van der Waals surface area contributed by atoms with Crippen molar-refractivity contribution >= 4 is 5.91 Å². The van der Waals surface area contributed by atoms with Crippen LogP contribution >= 0.6 is 0 Å². The Kier molecular flexibility index (Phi) is 7.03. The van der Waals surface area contributed by atoms with Gasteiger partial charge in [-0.1, -0.05) is 66.7 Å². The van der Waals surface area contributed by atoms with E-state index in [1.807, 2.05) is 78.9 Å². The SMILES string of the molecule is COc1ccc(CCNC(=O)c2c(-c3ccccc3)c(-c3ccccc3)n[nH]c2=O)cc1OC.